The maximum atomic E-state index is 12.5. The minimum atomic E-state index is -1.01. The minimum Gasteiger partial charge on any atom is -0.478 e. The van der Waals surface area contributed by atoms with Crippen LogP contribution in [0.15, 0.2) is 12.3 Å². The van der Waals surface area contributed by atoms with Gasteiger partial charge in [0.05, 0.1) is 11.6 Å². The zero-order chi connectivity index (χ0) is 17.3. The number of aromatic carboxylic acids is 1. The average molecular weight is 347 g/mol. The lowest BCUT2D eigenvalue weighted by Crippen LogP contribution is -2.15. The molecule has 2 aromatic rings. The van der Waals surface area contributed by atoms with E-state index in [2.05, 4.69) is 10.4 Å². The van der Waals surface area contributed by atoms with Gasteiger partial charge >= 0.3 is 5.97 Å². The first-order chi connectivity index (χ1) is 11.5. The molecule has 1 saturated carbocycles. The molecule has 0 unspecified atom stereocenters. The minimum absolute atomic E-state index is 0.198. The van der Waals surface area contributed by atoms with Crippen LogP contribution >= 0.6 is 11.3 Å². The third-order valence-electron chi connectivity index (χ3n) is 4.54. The molecular formula is C17H21N3O3S. The largest absolute Gasteiger partial charge is 0.478 e. The highest BCUT2D eigenvalue weighted by atomic mass is 32.1. The van der Waals surface area contributed by atoms with Gasteiger partial charge in [0.1, 0.15) is 5.00 Å². The second-order valence-electron chi connectivity index (χ2n) is 6.07. The molecule has 1 amide bonds. The number of aryl methyl sites for hydroxylation is 1. The van der Waals surface area contributed by atoms with Gasteiger partial charge in [0.15, 0.2) is 5.69 Å². The third-order valence-corrected chi connectivity index (χ3v) is 5.61. The first-order valence-corrected chi connectivity index (χ1v) is 9.05. The SMILES string of the molecule is CCc1c(C)sc(NC(=O)c2ccn(C3CCCC3)n2)c1C(=O)O. The number of hydrogen-bond donors (Lipinski definition) is 2. The fourth-order valence-corrected chi connectivity index (χ4v) is 4.45. The van der Waals surface area contributed by atoms with Gasteiger partial charge in [-0.1, -0.05) is 19.8 Å². The summed E-state index contributed by atoms with van der Waals surface area (Å²) < 4.78 is 1.86. The first-order valence-electron chi connectivity index (χ1n) is 8.23. The Morgan fingerprint density at radius 2 is 2.12 bits per heavy atom. The number of amides is 1. The van der Waals surface area contributed by atoms with Crippen LogP contribution in [0.3, 0.4) is 0 Å². The summed E-state index contributed by atoms with van der Waals surface area (Å²) in [6, 6.07) is 2.06. The van der Waals surface area contributed by atoms with E-state index >= 15 is 0 Å². The van der Waals surface area contributed by atoms with Crippen molar-refractivity contribution in [2.75, 3.05) is 5.32 Å². The van der Waals surface area contributed by atoms with Crippen LogP contribution in [0.4, 0.5) is 5.00 Å². The number of thiophene rings is 1. The number of carbonyl (C=O) groups is 2. The molecule has 128 valence electrons. The van der Waals surface area contributed by atoms with Crippen LogP contribution in [-0.2, 0) is 6.42 Å². The summed E-state index contributed by atoms with van der Waals surface area (Å²) in [7, 11) is 0. The lowest BCUT2D eigenvalue weighted by Gasteiger charge is -2.08. The number of rotatable bonds is 5. The van der Waals surface area contributed by atoms with Crippen LogP contribution in [-0.4, -0.2) is 26.8 Å². The van der Waals surface area contributed by atoms with Crippen LogP contribution in [0.2, 0.25) is 0 Å². The fourth-order valence-electron chi connectivity index (χ4n) is 3.32. The Kier molecular flexibility index (Phi) is 4.71. The third kappa shape index (κ3) is 3.08. The normalized spacial score (nSPS) is 14.9. The molecule has 0 aliphatic heterocycles. The number of nitrogens with one attached hydrogen (secondary N) is 1. The molecule has 6 nitrogen and oxygen atoms in total. The standard InChI is InChI=1S/C17H21N3O3S/c1-3-12-10(2)24-16(14(12)17(22)23)18-15(21)13-8-9-20(19-13)11-6-4-5-7-11/h8-9,11H,3-7H2,1-2H3,(H,18,21)(H,22,23). The molecule has 1 aliphatic carbocycles. The maximum Gasteiger partial charge on any atom is 0.339 e. The Balaban J connectivity index is 1.81. The monoisotopic (exact) mass is 347 g/mol. The van der Waals surface area contributed by atoms with Crippen molar-refractivity contribution < 1.29 is 14.7 Å². The predicted octanol–water partition coefficient (Wildman–Crippen LogP) is 3.88. The summed E-state index contributed by atoms with van der Waals surface area (Å²) >= 11 is 1.30. The number of carboxylic acids is 1. The zero-order valence-electron chi connectivity index (χ0n) is 13.8. The topological polar surface area (TPSA) is 84.2 Å². The molecule has 2 aromatic heterocycles. The molecule has 1 aliphatic rings. The number of hydrogen-bond acceptors (Lipinski definition) is 4. The van der Waals surface area contributed by atoms with Crippen molar-refractivity contribution >= 4 is 28.2 Å². The van der Waals surface area contributed by atoms with E-state index in [1.165, 1.54) is 24.2 Å². The van der Waals surface area contributed by atoms with Crippen molar-refractivity contribution in [1.29, 1.82) is 0 Å². The molecule has 0 bridgehead atoms. The van der Waals surface area contributed by atoms with Crippen LogP contribution < -0.4 is 5.32 Å². The van der Waals surface area contributed by atoms with E-state index in [0.29, 0.717) is 23.2 Å². The summed E-state index contributed by atoms with van der Waals surface area (Å²) in [5, 5.41) is 16.9. The summed E-state index contributed by atoms with van der Waals surface area (Å²) in [4.78, 5) is 24.9. The van der Waals surface area contributed by atoms with Crippen molar-refractivity contribution in [3.8, 4) is 0 Å². The zero-order valence-corrected chi connectivity index (χ0v) is 14.7. The van der Waals surface area contributed by atoms with Gasteiger partial charge in [-0.15, -0.1) is 11.3 Å². The van der Waals surface area contributed by atoms with E-state index in [0.717, 1.165) is 23.3 Å². The molecule has 24 heavy (non-hydrogen) atoms. The van der Waals surface area contributed by atoms with Crippen molar-refractivity contribution in [2.24, 2.45) is 0 Å². The highest BCUT2D eigenvalue weighted by molar-refractivity contribution is 7.16. The second kappa shape index (κ2) is 6.76. The number of carboxylic acid groups (broad SMARTS) is 1. The molecule has 0 aromatic carbocycles. The van der Waals surface area contributed by atoms with Crippen molar-refractivity contribution in [2.45, 2.75) is 52.0 Å². The van der Waals surface area contributed by atoms with Crippen LogP contribution in [0.25, 0.3) is 0 Å². The number of carbonyl (C=O) groups excluding carboxylic acids is 1. The van der Waals surface area contributed by atoms with Gasteiger partial charge in [0, 0.05) is 11.1 Å². The molecule has 0 radical (unpaired) electrons. The molecule has 1 fully saturated rings. The van der Waals surface area contributed by atoms with Crippen molar-refractivity contribution in [3.63, 3.8) is 0 Å². The molecule has 0 atom stereocenters. The van der Waals surface area contributed by atoms with Gasteiger partial charge in [-0.05, 0) is 37.8 Å². The van der Waals surface area contributed by atoms with Crippen LogP contribution in [0.1, 0.15) is 69.9 Å². The number of anilines is 1. The van der Waals surface area contributed by atoms with Crippen molar-refractivity contribution in [3.05, 3.63) is 34.0 Å². The smallest absolute Gasteiger partial charge is 0.339 e. The highest BCUT2D eigenvalue weighted by Crippen LogP contribution is 2.34. The highest BCUT2D eigenvalue weighted by Gasteiger charge is 2.24. The quantitative estimate of drug-likeness (QED) is 0.859. The average Bonchev–Trinajstić information content (AvgIpc) is 3.25. The van der Waals surface area contributed by atoms with Gasteiger partial charge in [0.25, 0.3) is 5.91 Å². The van der Waals surface area contributed by atoms with Gasteiger partial charge in [-0.2, -0.15) is 5.10 Å². The Hall–Kier alpha value is -2.15. The summed E-state index contributed by atoms with van der Waals surface area (Å²) in [5.74, 6) is -1.37. The molecule has 0 saturated heterocycles. The predicted molar refractivity (Wildman–Crippen MR) is 93.1 cm³/mol. The van der Waals surface area contributed by atoms with E-state index in [9.17, 15) is 14.7 Å². The van der Waals surface area contributed by atoms with E-state index in [1.54, 1.807) is 6.07 Å². The van der Waals surface area contributed by atoms with E-state index in [4.69, 9.17) is 0 Å². The Bertz CT molecular complexity index is 772. The van der Waals surface area contributed by atoms with Crippen LogP contribution in [0, 0.1) is 6.92 Å². The maximum absolute atomic E-state index is 12.5. The summed E-state index contributed by atoms with van der Waals surface area (Å²) in [5.41, 5.74) is 1.30. The Morgan fingerprint density at radius 1 is 1.42 bits per heavy atom. The summed E-state index contributed by atoms with van der Waals surface area (Å²) in [6.07, 6.45) is 7.03. The Morgan fingerprint density at radius 3 is 2.75 bits per heavy atom. The fraction of sp³-hybridized carbons (Fsp3) is 0.471. The van der Waals surface area contributed by atoms with E-state index < -0.39 is 5.97 Å². The molecule has 2 N–H and O–H groups in total. The summed E-state index contributed by atoms with van der Waals surface area (Å²) in [6.45, 7) is 3.79. The van der Waals surface area contributed by atoms with Gasteiger partial charge in [0.2, 0.25) is 0 Å². The number of aromatic nitrogens is 2. The lowest BCUT2D eigenvalue weighted by molar-refractivity contribution is 0.0697. The molecule has 2 heterocycles. The van der Waals surface area contributed by atoms with E-state index in [1.807, 2.05) is 24.7 Å². The van der Waals surface area contributed by atoms with Crippen molar-refractivity contribution in [1.82, 2.24) is 9.78 Å². The number of nitrogens with zero attached hydrogens (tertiary/aromatic N) is 2. The second-order valence-corrected chi connectivity index (χ2v) is 7.30. The molecule has 3 rings (SSSR count). The van der Waals surface area contributed by atoms with Gasteiger partial charge in [-0.25, -0.2) is 4.79 Å². The first kappa shape index (κ1) is 16.7. The van der Waals surface area contributed by atoms with Crippen LogP contribution in [0.5, 0.6) is 0 Å². The molecular weight excluding hydrogens is 326 g/mol. The Labute approximate surface area is 144 Å². The van der Waals surface area contributed by atoms with Gasteiger partial charge in [-0.3, -0.25) is 9.48 Å². The van der Waals surface area contributed by atoms with E-state index in [-0.39, 0.29) is 11.5 Å². The van der Waals surface area contributed by atoms with Gasteiger partial charge < -0.3 is 10.4 Å². The molecule has 7 heteroatoms. The lowest BCUT2D eigenvalue weighted by atomic mass is 10.1. The molecule has 0 spiro atoms.